The number of nitrogens with zero attached hydrogens (tertiary/aromatic N) is 1. The van der Waals surface area contributed by atoms with E-state index in [9.17, 15) is 39.4 Å². The molecule has 0 spiro atoms. The lowest BCUT2D eigenvalue weighted by molar-refractivity contribution is -0.160. The molecule has 0 aliphatic heterocycles. The number of ether oxygens (including phenoxy) is 7. The number of carbonyl (C=O) groups excluding carboxylic acids is 3. The number of fused-ring (bicyclic) bond motifs is 1. The van der Waals surface area contributed by atoms with Crippen molar-refractivity contribution < 1.29 is 81.6 Å². The number of esters is 3. The molecular weight excluding hydrogens is 1410 g/mol. The van der Waals surface area contributed by atoms with Gasteiger partial charge >= 0.3 is 35.8 Å². The maximum Gasteiger partial charge on any atom is 0.315 e. The molecule has 7 unspecified atom stereocenters. The van der Waals surface area contributed by atoms with Gasteiger partial charge in [-0.05, 0) is 163 Å². The topological polar surface area (TPSA) is 252 Å². The number of hydrogen-bond acceptors (Lipinski definition) is 14. The van der Waals surface area contributed by atoms with Crippen LogP contribution in [0.1, 0.15) is 74.5 Å². The summed E-state index contributed by atoms with van der Waals surface area (Å²) < 4.78 is 58.3. The van der Waals surface area contributed by atoms with Crippen LogP contribution in [-0.2, 0) is 28.8 Å². The van der Waals surface area contributed by atoms with E-state index in [0.717, 1.165) is 5.39 Å². The van der Waals surface area contributed by atoms with Crippen molar-refractivity contribution in [3.63, 3.8) is 0 Å². The summed E-state index contributed by atoms with van der Waals surface area (Å²) in [6, 6.07) is 79.9. The van der Waals surface area contributed by atoms with E-state index in [-0.39, 0.29) is 45.4 Å². The predicted octanol–water partition coefficient (Wildman–Crippen LogP) is 18.0. The fourth-order valence-electron chi connectivity index (χ4n) is 17.3. The largest absolute Gasteiger partial charge is 0.496 e. The standard InChI is InChI=1S/C93H72FNO16/c1-105-70-32-18-16-30-64(70)78-83(89(98)99)81(68-47-57(38-42-73(68)108-4)66-48-60(51-21-8-5-9-22-51)49-75(69(66)50-95)111-92(103)85-76(54-24-10-6-11-25-54)82(88(96)97)77(85)55-26-12-7-13-27-55)86(78)91(102)109-62-44-58(52-35-39-61(94)40-36-52)43-59(45-62)56-37-41-72(107-3)67(46-56)80-84(90(100)101)79(65-31-17-19-33-71(65)106-2)87(80)93(104)110-74-34-20-28-53-23-14-15-29-63(53)74/h5-49,76-87H,1-4H3,(H,96,97)(H,98,99)(H,100,101)/t76-,77?,78?,79-,80?,81-,82?,83?,84-,85?,86+,87?/m0/s1. The Balaban J connectivity index is 0.837. The fraction of sp³-hybridized carbons (Fsp3) is 0.172. The zero-order valence-corrected chi connectivity index (χ0v) is 60.4. The second-order valence-corrected chi connectivity index (χ2v) is 27.9. The monoisotopic (exact) mass is 1480 g/mol. The normalized spacial score (nSPS) is 20.8. The van der Waals surface area contributed by atoms with Gasteiger partial charge in [-0.3, -0.25) is 28.8 Å². The first-order valence-electron chi connectivity index (χ1n) is 36.1. The molecule has 12 aromatic rings. The van der Waals surface area contributed by atoms with Gasteiger partial charge < -0.3 is 48.5 Å². The van der Waals surface area contributed by atoms with E-state index in [1.165, 1.54) is 40.6 Å². The first kappa shape index (κ1) is 72.9. The highest BCUT2D eigenvalue weighted by atomic mass is 19.1. The van der Waals surface area contributed by atoms with Gasteiger partial charge in [-0.25, -0.2) is 4.39 Å². The highest BCUT2D eigenvalue weighted by Gasteiger charge is 2.63. The van der Waals surface area contributed by atoms with E-state index < -0.39 is 113 Å². The highest BCUT2D eigenvalue weighted by molar-refractivity contribution is 5.94. The third-order valence-electron chi connectivity index (χ3n) is 22.3. The summed E-state index contributed by atoms with van der Waals surface area (Å²) in [6.07, 6.45) is 0. The molecule has 3 saturated carbocycles. The highest BCUT2D eigenvalue weighted by Crippen LogP contribution is 2.64. The number of nitriles is 1. The maximum atomic E-state index is 16.1. The van der Waals surface area contributed by atoms with Gasteiger partial charge in [0, 0.05) is 46.5 Å². The molecule has 0 amide bonds. The van der Waals surface area contributed by atoms with Gasteiger partial charge in [-0.15, -0.1) is 0 Å². The average Bonchev–Trinajstić information content (AvgIpc) is 0.724. The van der Waals surface area contributed by atoms with Crippen molar-refractivity contribution in [1.29, 1.82) is 5.26 Å². The molecule has 552 valence electrons. The number of halogens is 1. The number of methoxy groups -OCH3 is 4. The van der Waals surface area contributed by atoms with Crippen LogP contribution in [0.15, 0.2) is 273 Å². The molecule has 3 fully saturated rings. The Bertz CT molecular complexity index is 5600. The summed E-state index contributed by atoms with van der Waals surface area (Å²) in [5, 5.41) is 46.8. The molecule has 0 saturated heterocycles. The SMILES string of the molecule is COc1ccc(-c2cc(OC(=O)[C@@H]3C(c4ccccc4OC)C(C(=O)O)[C@@H]3c3cc(-c4cc(-c5ccccc5)cc(OC(=O)C5C(c6ccccc6)C(C(=O)O)[C@@H]5c5ccccc5)c4C#N)ccc3OC)cc(-c3ccc(F)cc3)c2)cc1C1C(C(=O)Oc2cccc3ccccc23)[C@@H](c2ccccc2OC)[C@@H]1C(=O)O. The minimum Gasteiger partial charge on any atom is -0.496 e. The van der Waals surface area contributed by atoms with Gasteiger partial charge in [0.2, 0.25) is 0 Å². The van der Waals surface area contributed by atoms with Gasteiger partial charge in [0.1, 0.15) is 57.7 Å². The number of hydrogen-bond donors (Lipinski definition) is 3. The molecule has 0 bridgehead atoms. The number of carboxylic acid groups (broad SMARTS) is 3. The van der Waals surface area contributed by atoms with Crippen LogP contribution in [0, 0.1) is 52.7 Å². The number of carbonyl (C=O) groups is 6. The van der Waals surface area contributed by atoms with Crippen LogP contribution in [0.25, 0.3) is 55.3 Å². The number of aliphatic carboxylic acids is 3. The average molecular weight is 1480 g/mol. The van der Waals surface area contributed by atoms with E-state index in [0.29, 0.717) is 83.6 Å². The van der Waals surface area contributed by atoms with Crippen LogP contribution in [0.4, 0.5) is 4.39 Å². The molecule has 0 heterocycles. The molecule has 0 aromatic heterocycles. The molecule has 12 aromatic carbocycles. The molecule has 111 heavy (non-hydrogen) atoms. The molecule has 3 aliphatic carbocycles. The second-order valence-electron chi connectivity index (χ2n) is 27.9. The minimum atomic E-state index is -1.38. The number of benzene rings is 12. The van der Waals surface area contributed by atoms with Crippen LogP contribution >= 0.6 is 0 Å². The predicted molar refractivity (Wildman–Crippen MR) is 412 cm³/mol. The Morgan fingerprint density at radius 3 is 1.24 bits per heavy atom. The Morgan fingerprint density at radius 2 is 0.712 bits per heavy atom. The third-order valence-corrected chi connectivity index (χ3v) is 22.3. The van der Waals surface area contributed by atoms with Crippen LogP contribution in [-0.4, -0.2) is 79.6 Å². The van der Waals surface area contributed by atoms with Gasteiger partial charge in [-0.2, -0.15) is 5.26 Å². The lowest BCUT2D eigenvalue weighted by Crippen LogP contribution is -2.52. The first-order chi connectivity index (χ1) is 54.0. The molecule has 15 rings (SSSR count). The maximum absolute atomic E-state index is 16.1. The summed E-state index contributed by atoms with van der Waals surface area (Å²) in [6.45, 7) is 0. The van der Waals surface area contributed by atoms with E-state index in [4.69, 9.17) is 33.2 Å². The van der Waals surface area contributed by atoms with Crippen LogP contribution < -0.4 is 33.2 Å². The van der Waals surface area contributed by atoms with Crippen molar-refractivity contribution >= 4 is 46.6 Å². The molecular formula is C93H72FNO16. The summed E-state index contributed by atoms with van der Waals surface area (Å²) >= 11 is 0. The molecule has 3 aliphatic rings. The fourth-order valence-corrected chi connectivity index (χ4v) is 17.3. The van der Waals surface area contributed by atoms with Gasteiger partial charge in [0.25, 0.3) is 0 Å². The molecule has 3 N–H and O–H groups in total. The van der Waals surface area contributed by atoms with E-state index in [1.54, 1.807) is 200 Å². The number of para-hydroxylation sites is 2. The lowest BCUT2D eigenvalue weighted by Gasteiger charge is -2.49. The van der Waals surface area contributed by atoms with Crippen LogP contribution in [0.2, 0.25) is 0 Å². The number of rotatable bonds is 23. The van der Waals surface area contributed by atoms with Crippen molar-refractivity contribution in [1.82, 2.24) is 0 Å². The summed E-state index contributed by atoms with van der Waals surface area (Å²) in [5.74, 6) is -18.4. The molecule has 18 heteroatoms. The molecule has 17 nitrogen and oxygen atoms in total. The van der Waals surface area contributed by atoms with Crippen molar-refractivity contribution in [3.05, 3.63) is 318 Å². The van der Waals surface area contributed by atoms with Gasteiger partial charge in [0.05, 0.1) is 63.9 Å². The van der Waals surface area contributed by atoms with E-state index in [2.05, 4.69) is 6.07 Å². The lowest BCUT2D eigenvalue weighted by atomic mass is 9.52. The molecule has 12 atom stereocenters. The quantitative estimate of drug-likeness (QED) is 0.0397. The summed E-state index contributed by atoms with van der Waals surface area (Å²) in [5.41, 5.74) is 6.20. The zero-order valence-electron chi connectivity index (χ0n) is 60.4. The Morgan fingerprint density at radius 1 is 0.324 bits per heavy atom. The molecule has 0 radical (unpaired) electrons. The van der Waals surface area contributed by atoms with E-state index >= 15 is 14.4 Å². The van der Waals surface area contributed by atoms with Crippen LogP contribution in [0.5, 0.6) is 40.2 Å². The second kappa shape index (κ2) is 30.9. The number of carboxylic acids is 3. The third kappa shape index (κ3) is 13.6. The van der Waals surface area contributed by atoms with Gasteiger partial charge in [-0.1, -0.05) is 188 Å². The first-order valence-corrected chi connectivity index (χ1v) is 36.1. The van der Waals surface area contributed by atoms with Gasteiger partial charge in [0.15, 0.2) is 0 Å². The summed E-state index contributed by atoms with van der Waals surface area (Å²) in [7, 11) is 5.75. The minimum absolute atomic E-state index is 0.0323. The Hall–Kier alpha value is -13.7. The zero-order chi connectivity index (χ0) is 77.3. The van der Waals surface area contributed by atoms with E-state index in [1.807, 2.05) is 60.7 Å². The Labute approximate surface area is 638 Å². The summed E-state index contributed by atoms with van der Waals surface area (Å²) in [4.78, 5) is 88.2. The van der Waals surface area contributed by atoms with Crippen molar-refractivity contribution in [2.24, 2.45) is 35.5 Å². The van der Waals surface area contributed by atoms with Crippen molar-refractivity contribution in [2.45, 2.75) is 35.5 Å². The van der Waals surface area contributed by atoms with Crippen LogP contribution in [0.3, 0.4) is 0 Å². The van der Waals surface area contributed by atoms with Crippen molar-refractivity contribution in [2.75, 3.05) is 28.4 Å². The Kier molecular flexibility index (Phi) is 20.3. The smallest absolute Gasteiger partial charge is 0.315 e. The van der Waals surface area contributed by atoms with Crippen molar-refractivity contribution in [3.8, 4) is 90.8 Å².